The van der Waals surface area contributed by atoms with Crippen LogP contribution in [0.4, 0.5) is 0 Å². The Balaban J connectivity index is 2.39. The van der Waals surface area contributed by atoms with Gasteiger partial charge in [-0.3, -0.25) is 9.89 Å². The van der Waals surface area contributed by atoms with Crippen molar-refractivity contribution in [1.82, 2.24) is 15.5 Å². The third-order valence-electron chi connectivity index (χ3n) is 3.83. The summed E-state index contributed by atoms with van der Waals surface area (Å²) in [6, 6.07) is 9.14. The number of ether oxygens (including phenoxy) is 1. The van der Waals surface area contributed by atoms with E-state index in [0.717, 1.165) is 31.3 Å². The van der Waals surface area contributed by atoms with Crippen LogP contribution in [0, 0.1) is 0 Å². The van der Waals surface area contributed by atoms with Crippen LogP contribution in [-0.4, -0.2) is 50.2 Å². The molecule has 5 nitrogen and oxygen atoms in total. The molecule has 0 spiro atoms. The fourth-order valence-corrected chi connectivity index (χ4v) is 2.57. The summed E-state index contributed by atoms with van der Waals surface area (Å²) in [5, 5.41) is 6.71. The van der Waals surface area contributed by atoms with Crippen LogP contribution >= 0.6 is 0 Å². The molecule has 0 heterocycles. The molecule has 0 atom stereocenters. The molecule has 0 amide bonds. The molecule has 23 heavy (non-hydrogen) atoms. The summed E-state index contributed by atoms with van der Waals surface area (Å²) in [4.78, 5) is 6.74. The highest BCUT2D eigenvalue weighted by Gasteiger charge is 2.12. The van der Waals surface area contributed by atoms with Crippen LogP contribution in [0.25, 0.3) is 0 Å². The van der Waals surface area contributed by atoms with Crippen LogP contribution in [0.15, 0.2) is 29.3 Å². The fourth-order valence-electron chi connectivity index (χ4n) is 2.57. The van der Waals surface area contributed by atoms with Gasteiger partial charge in [-0.05, 0) is 45.4 Å². The summed E-state index contributed by atoms with van der Waals surface area (Å²) in [7, 11) is 3.47. The van der Waals surface area contributed by atoms with E-state index in [-0.39, 0.29) is 0 Å². The van der Waals surface area contributed by atoms with Crippen molar-refractivity contribution in [2.24, 2.45) is 4.99 Å². The molecule has 130 valence electrons. The van der Waals surface area contributed by atoms with Crippen molar-refractivity contribution in [3.05, 3.63) is 29.8 Å². The van der Waals surface area contributed by atoms with E-state index in [1.165, 1.54) is 5.56 Å². The zero-order valence-corrected chi connectivity index (χ0v) is 15.4. The summed E-state index contributed by atoms with van der Waals surface area (Å²) < 4.78 is 5.17. The van der Waals surface area contributed by atoms with E-state index in [1.54, 1.807) is 14.2 Å². The molecule has 0 saturated carbocycles. The minimum Gasteiger partial charge on any atom is -0.497 e. The first-order valence-corrected chi connectivity index (χ1v) is 8.31. The summed E-state index contributed by atoms with van der Waals surface area (Å²) in [6.45, 7) is 11.5. The second-order valence-electron chi connectivity index (χ2n) is 6.13. The number of hydrogen-bond acceptors (Lipinski definition) is 3. The topological polar surface area (TPSA) is 48.9 Å². The minimum atomic E-state index is 0.547. The molecule has 0 aliphatic rings. The predicted molar refractivity (Wildman–Crippen MR) is 98.2 cm³/mol. The molecule has 0 fully saturated rings. The highest BCUT2D eigenvalue weighted by molar-refractivity contribution is 5.79. The van der Waals surface area contributed by atoms with Crippen LogP contribution in [-0.2, 0) is 6.54 Å². The van der Waals surface area contributed by atoms with Gasteiger partial charge in [-0.2, -0.15) is 0 Å². The maximum Gasteiger partial charge on any atom is 0.191 e. The van der Waals surface area contributed by atoms with Gasteiger partial charge in [0.05, 0.1) is 7.11 Å². The van der Waals surface area contributed by atoms with Crippen molar-refractivity contribution < 1.29 is 4.74 Å². The predicted octanol–water partition coefficient (Wildman–Crippen LogP) is 2.48. The lowest BCUT2D eigenvalue weighted by Crippen LogP contribution is -2.45. The summed E-state index contributed by atoms with van der Waals surface area (Å²) >= 11 is 0. The molecule has 2 N–H and O–H groups in total. The van der Waals surface area contributed by atoms with Gasteiger partial charge in [0, 0.05) is 38.8 Å². The van der Waals surface area contributed by atoms with Gasteiger partial charge in [0.15, 0.2) is 5.96 Å². The van der Waals surface area contributed by atoms with Crippen molar-refractivity contribution in [2.45, 2.75) is 46.3 Å². The Morgan fingerprint density at radius 2 is 1.70 bits per heavy atom. The van der Waals surface area contributed by atoms with Gasteiger partial charge in [0.2, 0.25) is 0 Å². The largest absolute Gasteiger partial charge is 0.497 e. The number of guanidine groups is 1. The number of nitrogens with zero attached hydrogens (tertiary/aromatic N) is 2. The van der Waals surface area contributed by atoms with E-state index < -0.39 is 0 Å². The molecule has 0 radical (unpaired) electrons. The average Bonchev–Trinajstić information content (AvgIpc) is 2.54. The van der Waals surface area contributed by atoms with Gasteiger partial charge in [-0.25, -0.2) is 0 Å². The van der Waals surface area contributed by atoms with E-state index in [4.69, 9.17) is 4.74 Å². The smallest absolute Gasteiger partial charge is 0.191 e. The van der Waals surface area contributed by atoms with E-state index in [1.807, 2.05) is 12.1 Å². The molecule has 0 aliphatic carbocycles. The number of hydrogen-bond donors (Lipinski definition) is 2. The van der Waals surface area contributed by atoms with Crippen LogP contribution in [0.2, 0.25) is 0 Å². The lowest BCUT2D eigenvalue weighted by Gasteiger charge is -2.30. The molecular formula is C18H32N4O. The highest BCUT2D eigenvalue weighted by Crippen LogP contribution is 2.10. The third-order valence-corrected chi connectivity index (χ3v) is 3.83. The molecule has 0 aromatic heterocycles. The Labute approximate surface area is 141 Å². The Morgan fingerprint density at radius 1 is 1.09 bits per heavy atom. The molecule has 1 rings (SSSR count). The SMILES string of the molecule is CN=C(NCCN(C(C)C)C(C)C)NCc1ccc(OC)cc1. The number of nitrogens with one attached hydrogen (secondary N) is 2. The van der Waals surface area contributed by atoms with Gasteiger partial charge in [-0.1, -0.05) is 12.1 Å². The van der Waals surface area contributed by atoms with Crippen molar-refractivity contribution in [3.8, 4) is 5.75 Å². The number of methoxy groups -OCH3 is 1. The Bertz CT molecular complexity index is 460. The van der Waals surface area contributed by atoms with Gasteiger partial charge < -0.3 is 15.4 Å². The van der Waals surface area contributed by atoms with Crippen LogP contribution in [0.1, 0.15) is 33.3 Å². The van der Waals surface area contributed by atoms with Crippen LogP contribution in [0.3, 0.4) is 0 Å². The Kier molecular flexibility index (Phi) is 8.48. The van der Waals surface area contributed by atoms with Gasteiger partial charge in [-0.15, -0.1) is 0 Å². The second kappa shape index (κ2) is 10.1. The quantitative estimate of drug-likeness (QED) is 0.571. The third kappa shape index (κ3) is 6.91. The maximum absolute atomic E-state index is 5.17. The van der Waals surface area contributed by atoms with Gasteiger partial charge in [0.1, 0.15) is 5.75 Å². The molecule has 1 aromatic rings. The van der Waals surface area contributed by atoms with Gasteiger partial charge >= 0.3 is 0 Å². The van der Waals surface area contributed by atoms with Crippen molar-refractivity contribution in [3.63, 3.8) is 0 Å². The van der Waals surface area contributed by atoms with Crippen molar-refractivity contribution in [2.75, 3.05) is 27.2 Å². The van der Waals surface area contributed by atoms with E-state index in [9.17, 15) is 0 Å². The van der Waals surface area contributed by atoms with Gasteiger partial charge in [0.25, 0.3) is 0 Å². The van der Waals surface area contributed by atoms with E-state index >= 15 is 0 Å². The van der Waals surface area contributed by atoms with Crippen LogP contribution in [0.5, 0.6) is 5.75 Å². The highest BCUT2D eigenvalue weighted by atomic mass is 16.5. The number of aliphatic imine (C=N–C) groups is 1. The lowest BCUT2D eigenvalue weighted by atomic mass is 10.2. The number of benzene rings is 1. The summed E-state index contributed by atoms with van der Waals surface area (Å²) in [5.41, 5.74) is 1.19. The first-order valence-electron chi connectivity index (χ1n) is 8.31. The van der Waals surface area contributed by atoms with Crippen molar-refractivity contribution in [1.29, 1.82) is 0 Å². The average molecular weight is 320 g/mol. The monoisotopic (exact) mass is 320 g/mol. The normalized spacial score (nSPS) is 12.1. The zero-order valence-electron chi connectivity index (χ0n) is 15.4. The molecule has 1 aromatic carbocycles. The molecule has 0 saturated heterocycles. The fraction of sp³-hybridized carbons (Fsp3) is 0.611. The molecule has 0 bridgehead atoms. The second-order valence-corrected chi connectivity index (χ2v) is 6.13. The van der Waals surface area contributed by atoms with Crippen molar-refractivity contribution >= 4 is 5.96 Å². The maximum atomic E-state index is 5.17. The Hall–Kier alpha value is -1.75. The molecule has 5 heteroatoms. The zero-order chi connectivity index (χ0) is 17.2. The summed E-state index contributed by atoms with van der Waals surface area (Å²) in [5.74, 6) is 1.70. The molecular weight excluding hydrogens is 288 g/mol. The number of rotatable bonds is 8. The van der Waals surface area contributed by atoms with Crippen LogP contribution < -0.4 is 15.4 Å². The lowest BCUT2D eigenvalue weighted by molar-refractivity contribution is 0.178. The van der Waals surface area contributed by atoms with E-state index in [0.29, 0.717) is 12.1 Å². The first-order chi connectivity index (χ1) is 11.0. The Morgan fingerprint density at radius 3 is 2.17 bits per heavy atom. The standard InChI is InChI=1S/C18H32N4O/c1-14(2)22(15(3)4)12-11-20-18(19-5)21-13-16-7-9-17(23-6)10-8-16/h7-10,14-15H,11-13H2,1-6H3,(H2,19,20,21). The molecule has 0 unspecified atom stereocenters. The van der Waals surface area contributed by atoms with E-state index in [2.05, 4.69) is 60.4 Å². The minimum absolute atomic E-state index is 0.547. The molecule has 0 aliphatic heterocycles. The summed E-state index contributed by atoms with van der Waals surface area (Å²) in [6.07, 6.45) is 0. The first kappa shape index (κ1) is 19.3.